The summed E-state index contributed by atoms with van der Waals surface area (Å²) in [5, 5.41) is 8.14. The van der Waals surface area contributed by atoms with Crippen LogP contribution >= 0.6 is 23.1 Å². The predicted molar refractivity (Wildman–Crippen MR) is 99.7 cm³/mol. The zero-order chi connectivity index (χ0) is 17.2. The van der Waals surface area contributed by atoms with Crippen molar-refractivity contribution in [2.45, 2.75) is 23.1 Å². The molecular weight excluding hydrogens is 356 g/mol. The minimum absolute atomic E-state index is 0.125. The van der Waals surface area contributed by atoms with Crippen molar-refractivity contribution in [3.05, 3.63) is 30.1 Å². The van der Waals surface area contributed by atoms with Crippen molar-refractivity contribution in [1.82, 2.24) is 25.1 Å². The van der Waals surface area contributed by atoms with Crippen LogP contribution in [0.2, 0.25) is 0 Å². The van der Waals surface area contributed by atoms with E-state index in [1.165, 1.54) is 23.1 Å². The number of H-pyrrole nitrogens is 1. The van der Waals surface area contributed by atoms with E-state index in [0.29, 0.717) is 17.4 Å². The monoisotopic (exact) mass is 374 g/mol. The minimum Gasteiger partial charge on any atom is -0.374 e. The smallest absolute Gasteiger partial charge is 0.233 e. The molecule has 9 heteroatoms. The molecule has 3 aromatic rings. The Hall–Kier alpha value is -2.13. The largest absolute Gasteiger partial charge is 0.374 e. The Bertz CT molecular complexity index is 859. The maximum Gasteiger partial charge on any atom is 0.233 e. The fraction of sp³-hybridized carbons (Fsp3) is 0.375. The van der Waals surface area contributed by atoms with Crippen molar-refractivity contribution in [2.75, 3.05) is 24.6 Å². The molecule has 7 nitrogen and oxygen atoms in total. The number of benzene rings is 1. The molecular formula is C16H18N6OS2. The molecule has 130 valence electrons. The molecule has 0 radical (unpaired) electrons. The van der Waals surface area contributed by atoms with Gasteiger partial charge in [-0.2, -0.15) is 0 Å². The molecule has 1 atom stereocenters. The highest BCUT2D eigenvalue weighted by molar-refractivity contribution is 8.01. The van der Waals surface area contributed by atoms with Crippen LogP contribution in [0.3, 0.4) is 0 Å². The number of piperidine rings is 1. The summed E-state index contributed by atoms with van der Waals surface area (Å²) in [4.78, 5) is 22.6. The number of nitrogens with zero attached hydrogens (tertiary/aromatic N) is 4. The van der Waals surface area contributed by atoms with Gasteiger partial charge >= 0.3 is 0 Å². The third-order valence-corrected chi connectivity index (χ3v) is 6.18. The second kappa shape index (κ2) is 7.01. The Morgan fingerprint density at radius 3 is 3.08 bits per heavy atom. The first-order valence-corrected chi connectivity index (χ1v) is 9.93. The van der Waals surface area contributed by atoms with Crippen LogP contribution in [0, 0.1) is 0 Å². The van der Waals surface area contributed by atoms with Crippen molar-refractivity contribution >= 4 is 45.2 Å². The van der Waals surface area contributed by atoms with E-state index in [1.807, 2.05) is 29.2 Å². The summed E-state index contributed by atoms with van der Waals surface area (Å²) in [5.41, 5.74) is 7.59. The molecule has 1 aromatic carbocycles. The fourth-order valence-electron chi connectivity index (χ4n) is 3.09. The van der Waals surface area contributed by atoms with Crippen LogP contribution in [-0.2, 0) is 4.79 Å². The third kappa shape index (κ3) is 3.62. The number of imidazole rings is 1. The van der Waals surface area contributed by atoms with Crippen LogP contribution in [0.4, 0.5) is 5.13 Å². The number of nitrogen functional groups attached to an aromatic ring is 1. The van der Waals surface area contributed by atoms with E-state index in [1.54, 1.807) is 0 Å². The zero-order valence-electron chi connectivity index (χ0n) is 13.5. The fourth-order valence-corrected chi connectivity index (χ4v) is 4.63. The van der Waals surface area contributed by atoms with E-state index in [9.17, 15) is 4.79 Å². The second-order valence-corrected chi connectivity index (χ2v) is 8.24. The number of anilines is 1. The average molecular weight is 374 g/mol. The number of hydrogen-bond donors (Lipinski definition) is 2. The molecule has 0 spiro atoms. The van der Waals surface area contributed by atoms with Gasteiger partial charge in [0.2, 0.25) is 11.0 Å². The normalized spacial score (nSPS) is 17.9. The number of aromatic amines is 1. The van der Waals surface area contributed by atoms with E-state index in [2.05, 4.69) is 15.2 Å². The first kappa shape index (κ1) is 16.3. The van der Waals surface area contributed by atoms with E-state index in [4.69, 9.17) is 10.7 Å². The molecule has 4 rings (SSSR count). The Morgan fingerprint density at radius 1 is 1.40 bits per heavy atom. The molecule has 3 heterocycles. The number of carbonyl (C=O) groups excluding carboxylic acids is 1. The topological polar surface area (TPSA) is 101 Å². The Labute approximate surface area is 153 Å². The summed E-state index contributed by atoms with van der Waals surface area (Å²) >= 11 is 2.70. The lowest BCUT2D eigenvalue weighted by Gasteiger charge is -2.31. The summed E-state index contributed by atoms with van der Waals surface area (Å²) in [6.45, 7) is 1.51. The van der Waals surface area contributed by atoms with Crippen LogP contribution in [0.5, 0.6) is 0 Å². The Balaban J connectivity index is 1.40. The van der Waals surface area contributed by atoms with Gasteiger partial charge in [0.25, 0.3) is 0 Å². The molecule has 1 aliphatic rings. The SMILES string of the molecule is Nc1nnc(SCC(=O)N2CCCC(c3nc4ccccc4[nH]3)C2)s1. The number of hydrogen-bond acceptors (Lipinski definition) is 7. The number of likely N-dealkylation sites (tertiary alicyclic amines) is 1. The maximum atomic E-state index is 12.5. The maximum absolute atomic E-state index is 12.5. The predicted octanol–water partition coefficient (Wildman–Crippen LogP) is 2.49. The van der Waals surface area contributed by atoms with Gasteiger partial charge in [-0.15, -0.1) is 10.2 Å². The van der Waals surface area contributed by atoms with Gasteiger partial charge in [0.15, 0.2) is 4.34 Å². The number of nitrogens with two attached hydrogens (primary N) is 1. The van der Waals surface area contributed by atoms with Gasteiger partial charge in [-0.05, 0) is 25.0 Å². The van der Waals surface area contributed by atoms with Gasteiger partial charge in [0.05, 0.1) is 16.8 Å². The minimum atomic E-state index is 0.125. The molecule has 0 bridgehead atoms. The molecule has 0 aliphatic carbocycles. The molecule has 3 N–H and O–H groups in total. The van der Waals surface area contributed by atoms with Crippen molar-refractivity contribution < 1.29 is 4.79 Å². The van der Waals surface area contributed by atoms with E-state index >= 15 is 0 Å². The van der Waals surface area contributed by atoms with Crippen molar-refractivity contribution in [3.63, 3.8) is 0 Å². The van der Waals surface area contributed by atoms with Gasteiger partial charge < -0.3 is 15.6 Å². The first-order valence-electron chi connectivity index (χ1n) is 8.13. The molecule has 0 saturated carbocycles. The zero-order valence-corrected chi connectivity index (χ0v) is 15.1. The number of thioether (sulfide) groups is 1. The highest BCUT2D eigenvalue weighted by Gasteiger charge is 2.26. The van der Waals surface area contributed by atoms with Gasteiger partial charge in [-0.3, -0.25) is 4.79 Å². The standard InChI is InChI=1S/C16H18N6OS2/c17-15-20-21-16(25-15)24-9-13(23)22-7-3-4-10(8-22)14-18-11-5-1-2-6-12(11)19-14/h1-2,5-6,10H,3-4,7-9H2,(H2,17,20)(H,18,19). The van der Waals surface area contributed by atoms with Gasteiger partial charge in [-0.1, -0.05) is 35.2 Å². The van der Waals surface area contributed by atoms with Gasteiger partial charge in [-0.25, -0.2) is 4.98 Å². The summed E-state index contributed by atoms with van der Waals surface area (Å²) in [6, 6.07) is 8.02. The van der Waals surface area contributed by atoms with Crippen LogP contribution in [-0.4, -0.2) is 49.8 Å². The van der Waals surface area contributed by atoms with E-state index < -0.39 is 0 Å². The number of rotatable bonds is 4. The molecule has 1 unspecified atom stereocenters. The van der Waals surface area contributed by atoms with Crippen molar-refractivity contribution in [3.8, 4) is 0 Å². The summed E-state index contributed by atoms with van der Waals surface area (Å²) in [7, 11) is 0. The third-order valence-electron chi connectivity index (χ3n) is 4.31. The summed E-state index contributed by atoms with van der Waals surface area (Å²) in [5.74, 6) is 1.72. The van der Waals surface area contributed by atoms with Crippen LogP contribution < -0.4 is 5.73 Å². The molecule has 1 aliphatic heterocycles. The quantitative estimate of drug-likeness (QED) is 0.681. The number of para-hydroxylation sites is 2. The van der Waals surface area contributed by atoms with E-state index in [-0.39, 0.29) is 11.8 Å². The number of amides is 1. The van der Waals surface area contributed by atoms with Crippen LogP contribution in [0.25, 0.3) is 11.0 Å². The first-order chi connectivity index (χ1) is 12.2. The number of aromatic nitrogens is 4. The number of nitrogens with one attached hydrogen (secondary N) is 1. The molecule has 1 saturated heterocycles. The van der Waals surface area contributed by atoms with Crippen molar-refractivity contribution in [2.24, 2.45) is 0 Å². The number of fused-ring (bicyclic) bond motifs is 1. The lowest BCUT2D eigenvalue weighted by molar-refractivity contribution is -0.129. The summed E-state index contributed by atoms with van der Waals surface area (Å²) < 4.78 is 0.733. The molecule has 2 aromatic heterocycles. The second-order valence-electron chi connectivity index (χ2n) is 6.01. The molecule has 1 fully saturated rings. The Kier molecular flexibility index (Phi) is 4.58. The molecule has 25 heavy (non-hydrogen) atoms. The average Bonchev–Trinajstić information content (AvgIpc) is 3.25. The lowest BCUT2D eigenvalue weighted by atomic mass is 9.97. The van der Waals surface area contributed by atoms with Crippen LogP contribution in [0.1, 0.15) is 24.6 Å². The Morgan fingerprint density at radius 2 is 2.28 bits per heavy atom. The highest BCUT2D eigenvalue weighted by atomic mass is 32.2. The molecule has 1 amide bonds. The number of carbonyl (C=O) groups is 1. The van der Waals surface area contributed by atoms with Crippen molar-refractivity contribution in [1.29, 1.82) is 0 Å². The highest BCUT2D eigenvalue weighted by Crippen LogP contribution is 2.28. The lowest BCUT2D eigenvalue weighted by Crippen LogP contribution is -2.40. The van der Waals surface area contributed by atoms with Crippen LogP contribution in [0.15, 0.2) is 28.6 Å². The van der Waals surface area contributed by atoms with Gasteiger partial charge in [0.1, 0.15) is 5.82 Å². The summed E-state index contributed by atoms with van der Waals surface area (Å²) in [6.07, 6.45) is 2.04. The van der Waals surface area contributed by atoms with E-state index in [0.717, 1.165) is 40.6 Å². The van der Waals surface area contributed by atoms with Gasteiger partial charge in [0, 0.05) is 19.0 Å².